The van der Waals surface area contributed by atoms with Crippen LogP contribution >= 0.6 is 43.5 Å². The molecule has 3 N–H and O–H groups in total. The third-order valence-corrected chi connectivity index (χ3v) is 4.67. The summed E-state index contributed by atoms with van der Waals surface area (Å²) >= 11 is 12.4. The van der Waals surface area contributed by atoms with Crippen molar-refractivity contribution in [2.45, 2.75) is 0 Å². The standard InChI is InChI=1S/C16H9Br2ClN2O3/c17-8-5-10(16(23)24)14(11(18)6-8)21-15(22)13-4-7-3-9(19)1-2-12(7)20-13/h1-6,20H,(H,21,22)(H,23,24). The Morgan fingerprint density at radius 3 is 2.58 bits per heavy atom. The van der Waals surface area contributed by atoms with E-state index in [4.69, 9.17) is 11.6 Å². The molecule has 0 radical (unpaired) electrons. The summed E-state index contributed by atoms with van der Waals surface area (Å²) in [6, 6.07) is 9.97. The average molecular weight is 473 g/mol. The number of hydrogen-bond donors (Lipinski definition) is 3. The van der Waals surface area contributed by atoms with Crippen molar-refractivity contribution >= 4 is 71.9 Å². The van der Waals surface area contributed by atoms with Crippen molar-refractivity contribution in [1.82, 2.24) is 4.98 Å². The van der Waals surface area contributed by atoms with Gasteiger partial charge >= 0.3 is 5.97 Å². The van der Waals surface area contributed by atoms with Gasteiger partial charge in [-0.2, -0.15) is 0 Å². The number of carboxylic acid groups (broad SMARTS) is 1. The molecule has 0 saturated carbocycles. The number of nitrogens with one attached hydrogen (secondary N) is 2. The summed E-state index contributed by atoms with van der Waals surface area (Å²) in [7, 11) is 0. The van der Waals surface area contributed by atoms with Gasteiger partial charge in [-0.1, -0.05) is 27.5 Å². The number of aromatic amines is 1. The van der Waals surface area contributed by atoms with Crippen LogP contribution in [0.5, 0.6) is 0 Å². The number of aromatic nitrogens is 1. The van der Waals surface area contributed by atoms with E-state index in [-0.39, 0.29) is 11.3 Å². The van der Waals surface area contributed by atoms with Crippen LogP contribution in [0.25, 0.3) is 10.9 Å². The van der Waals surface area contributed by atoms with E-state index in [0.29, 0.717) is 19.7 Å². The Morgan fingerprint density at radius 2 is 1.88 bits per heavy atom. The van der Waals surface area contributed by atoms with Crippen LogP contribution in [0.2, 0.25) is 5.02 Å². The number of anilines is 1. The van der Waals surface area contributed by atoms with Gasteiger partial charge < -0.3 is 15.4 Å². The first-order valence-electron chi connectivity index (χ1n) is 6.67. The summed E-state index contributed by atoms with van der Waals surface area (Å²) in [4.78, 5) is 26.9. The molecule has 1 amide bonds. The van der Waals surface area contributed by atoms with E-state index in [1.807, 2.05) is 0 Å². The molecule has 1 aromatic heterocycles. The first-order valence-corrected chi connectivity index (χ1v) is 8.63. The van der Waals surface area contributed by atoms with Crippen molar-refractivity contribution in [2.24, 2.45) is 0 Å². The van der Waals surface area contributed by atoms with Crippen LogP contribution in [0, 0.1) is 0 Å². The van der Waals surface area contributed by atoms with Gasteiger partial charge in [-0.15, -0.1) is 0 Å². The maximum Gasteiger partial charge on any atom is 0.337 e. The largest absolute Gasteiger partial charge is 0.478 e. The van der Waals surface area contributed by atoms with E-state index in [0.717, 1.165) is 10.9 Å². The monoisotopic (exact) mass is 470 g/mol. The Morgan fingerprint density at radius 1 is 1.12 bits per heavy atom. The van der Waals surface area contributed by atoms with Crippen LogP contribution in [0.3, 0.4) is 0 Å². The van der Waals surface area contributed by atoms with Crippen LogP contribution in [-0.4, -0.2) is 22.0 Å². The summed E-state index contributed by atoms with van der Waals surface area (Å²) in [6.07, 6.45) is 0. The number of H-pyrrole nitrogens is 1. The topological polar surface area (TPSA) is 82.2 Å². The minimum absolute atomic E-state index is 0.0243. The van der Waals surface area contributed by atoms with Crippen LogP contribution in [-0.2, 0) is 0 Å². The number of carboxylic acids is 1. The first kappa shape index (κ1) is 17.0. The normalized spacial score (nSPS) is 10.8. The lowest BCUT2D eigenvalue weighted by atomic mass is 10.1. The zero-order chi connectivity index (χ0) is 17.4. The highest BCUT2D eigenvalue weighted by atomic mass is 79.9. The van der Waals surface area contributed by atoms with Crippen molar-refractivity contribution < 1.29 is 14.7 Å². The summed E-state index contributed by atoms with van der Waals surface area (Å²) in [5.74, 6) is -1.59. The van der Waals surface area contributed by atoms with Crippen molar-refractivity contribution in [3.63, 3.8) is 0 Å². The predicted molar refractivity (Wildman–Crippen MR) is 100 cm³/mol. The van der Waals surface area contributed by atoms with Gasteiger partial charge in [0.05, 0.1) is 11.3 Å². The minimum Gasteiger partial charge on any atom is -0.478 e. The lowest BCUT2D eigenvalue weighted by Crippen LogP contribution is -2.15. The summed E-state index contributed by atoms with van der Waals surface area (Å²) in [6.45, 7) is 0. The second-order valence-electron chi connectivity index (χ2n) is 4.98. The third kappa shape index (κ3) is 3.33. The molecular weight excluding hydrogens is 463 g/mol. The zero-order valence-electron chi connectivity index (χ0n) is 11.9. The molecule has 0 spiro atoms. The van der Waals surface area contributed by atoms with Gasteiger partial charge in [0.15, 0.2) is 0 Å². The molecular formula is C16H9Br2ClN2O3. The first-order chi connectivity index (χ1) is 11.3. The number of carbonyl (C=O) groups excluding carboxylic acids is 1. The Hall–Kier alpha value is -1.83. The van der Waals surface area contributed by atoms with Crippen LogP contribution in [0.15, 0.2) is 45.3 Å². The molecule has 0 fully saturated rings. The van der Waals surface area contributed by atoms with Gasteiger partial charge in [-0.25, -0.2) is 4.79 Å². The number of aromatic carboxylic acids is 1. The number of amides is 1. The maximum atomic E-state index is 12.5. The van der Waals surface area contributed by atoms with E-state index in [9.17, 15) is 14.7 Å². The van der Waals surface area contributed by atoms with Gasteiger partial charge in [0.25, 0.3) is 5.91 Å². The molecule has 3 rings (SSSR count). The fraction of sp³-hybridized carbons (Fsp3) is 0. The smallest absolute Gasteiger partial charge is 0.337 e. The van der Waals surface area contributed by atoms with E-state index in [1.54, 1.807) is 30.3 Å². The highest BCUT2D eigenvalue weighted by molar-refractivity contribution is 9.11. The summed E-state index contributed by atoms with van der Waals surface area (Å²) in [5, 5.41) is 13.3. The van der Waals surface area contributed by atoms with Crippen molar-refractivity contribution in [1.29, 1.82) is 0 Å². The number of fused-ring (bicyclic) bond motifs is 1. The number of carbonyl (C=O) groups is 2. The second kappa shape index (κ2) is 6.58. The van der Waals surface area contributed by atoms with Gasteiger partial charge in [-0.05, 0) is 52.3 Å². The molecule has 24 heavy (non-hydrogen) atoms. The van der Waals surface area contributed by atoms with Gasteiger partial charge in [0, 0.05) is 24.9 Å². The van der Waals surface area contributed by atoms with E-state index >= 15 is 0 Å². The fourth-order valence-electron chi connectivity index (χ4n) is 2.28. The SMILES string of the molecule is O=C(Nc1c(Br)cc(Br)cc1C(=O)O)c1cc2cc(Cl)ccc2[nH]1. The Kier molecular flexibility index (Phi) is 4.67. The Balaban J connectivity index is 1.98. The molecule has 0 bridgehead atoms. The number of rotatable bonds is 3. The summed E-state index contributed by atoms with van der Waals surface area (Å²) < 4.78 is 1.05. The molecule has 0 unspecified atom stereocenters. The van der Waals surface area contributed by atoms with Crippen molar-refractivity contribution in [3.8, 4) is 0 Å². The number of benzene rings is 2. The molecule has 0 saturated heterocycles. The van der Waals surface area contributed by atoms with Crippen molar-refractivity contribution in [3.05, 3.63) is 61.6 Å². The molecule has 2 aromatic carbocycles. The molecule has 0 aliphatic carbocycles. The average Bonchev–Trinajstić information content (AvgIpc) is 2.92. The Labute approximate surface area is 158 Å². The number of hydrogen-bond acceptors (Lipinski definition) is 2. The van der Waals surface area contributed by atoms with E-state index in [1.165, 1.54) is 6.07 Å². The molecule has 0 aliphatic rings. The van der Waals surface area contributed by atoms with Gasteiger partial charge in [-0.3, -0.25) is 4.79 Å². The summed E-state index contributed by atoms with van der Waals surface area (Å²) in [5.41, 5.74) is 1.23. The molecule has 122 valence electrons. The Bertz CT molecular complexity index is 985. The quantitative estimate of drug-likeness (QED) is 0.484. The second-order valence-corrected chi connectivity index (χ2v) is 7.19. The molecule has 1 heterocycles. The molecule has 3 aromatic rings. The predicted octanol–water partition coefficient (Wildman–Crippen LogP) is 5.30. The van der Waals surface area contributed by atoms with Gasteiger partial charge in [0.1, 0.15) is 5.69 Å². The van der Waals surface area contributed by atoms with Crippen LogP contribution in [0.1, 0.15) is 20.8 Å². The molecule has 8 heteroatoms. The lowest BCUT2D eigenvalue weighted by molar-refractivity contribution is 0.0698. The lowest BCUT2D eigenvalue weighted by Gasteiger charge is -2.10. The van der Waals surface area contributed by atoms with Gasteiger partial charge in [0.2, 0.25) is 0 Å². The fourth-order valence-corrected chi connectivity index (χ4v) is 3.78. The highest BCUT2D eigenvalue weighted by Crippen LogP contribution is 2.31. The maximum absolute atomic E-state index is 12.5. The van der Waals surface area contributed by atoms with Crippen LogP contribution < -0.4 is 5.32 Å². The minimum atomic E-state index is -1.14. The van der Waals surface area contributed by atoms with Crippen LogP contribution in [0.4, 0.5) is 5.69 Å². The third-order valence-electron chi connectivity index (χ3n) is 3.35. The van der Waals surface area contributed by atoms with E-state index < -0.39 is 11.9 Å². The highest BCUT2D eigenvalue weighted by Gasteiger charge is 2.18. The molecule has 5 nitrogen and oxygen atoms in total. The molecule has 0 aliphatic heterocycles. The van der Waals surface area contributed by atoms with E-state index in [2.05, 4.69) is 42.2 Å². The molecule has 0 atom stereocenters. The van der Waals surface area contributed by atoms with Crippen molar-refractivity contribution in [2.75, 3.05) is 5.32 Å². The number of halogens is 3. The zero-order valence-corrected chi connectivity index (χ0v) is 15.8.